The number of rotatable bonds is 8. The molecule has 1 nitrogen and oxygen atoms in total. The highest BCUT2D eigenvalue weighted by molar-refractivity contribution is 9.09. The highest BCUT2D eigenvalue weighted by Crippen LogP contribution is 1.98. The Balaban J connectivity index is 2.99. The Morgan fingerprint density at radius 2 is 2.00 bits per heavy atom. The summed E-state index contributed by atoms with van der Waals surface area (Å²) in [6.07, 6.45) is 11.7. The molecule has 0 unspecified atom stereocenters. The van der Waals surface area contributed by atoms with Gasteiger partial charge in [0.15, 0.2) is 0 Å². The van der Waals surface area contributed by atoms with Crippen molar-refractivity contribution in [3.8, 4) is 0 Å². The summed E-state index contributed by atoms with van der Waals surface area (Å²) in [7, 11) is 0. The molecule has 0 heterocycles. The third-order valence-corrected chi connectivity index (χ3v) is 2.14. The zero-order valence-electron chi connectivity index (χ0n) is 8.34. The summed E-state index contributed by atoms with van der Waals surface area (Å²) >= 11 is 3.40. The van der Waals surface area contributed by atoms with E-state index in [1.54, 1.807) is 0 Å². The summed E-state index contributed by atoms with van der Waals surface area (Å²) in [5.74, 6) is 0. The van der Waals surface area contributed by atoms with E-state index in [1.807, 2.05) is 31.2 Å². The van der Waals surface area contributed by atoms with Crippen molar-refractivity contribution in [2.45, 2.75) is 26.2 Å². The lowest BCUT2D eigenvalue weighted by molar-refractivity contribution is 0.157. The Hall–Kier alpha value is -0.0800. The molecular weight excluding hydrogens is 228 g/mol. The van der Waals surface area contributed by atoms with E-state index in [0.717, 1.165) is 18.5 Å². The molecule has 0 bridgehead atoms. The number of halogens is 1. The molecule has 0 amide bonds. The van der Waals surface area contributed by atoms with Gasteiger partial charge in [-0.15, -0.1) is 0 Å². The van der Waals surface area contributed by atoms with Crippen molar-refractivity contribution >= 4 is 15.9 Å². The number of allylic oxidation sites excluding steroid dienone is 3. The van der Waals surface area contributed by atoms with E-state index in [0.29, 0.717) is 0 Å². The Morgan fingerprint density at radius 1 is 1.15 bits per heavy atom. The summed E-state index contributed by atoms with van der Waals surface area (Å²) in [5, 5.41) is 1.11. The summed E-state index contributed by atoms with van der Waals surface area (Å²) in [6, 6.07) is 0. The van der Waals surface area contributed by atoms with Crippen LogP contribution in [0.3, 0.4) is 0 Å². The topological polar surface area (TPSA) is 9.23 Å². The van der Waals surface area contributed by atoms with Gasteiger partial charge >= 0.3 is 0 Å². The van der Waals surface area contributed by atoms with Gasteiger partial charge in [-0.3, -0.25) is 0 Å². The molecule has 13 heavy (non-hydrogen) atoms. The maximum atomic E-state index is 5.39. The van der Waals surface area contributed by atoms with E-state index in [-0.39, 0.29) is 0 Å². The van der Waals surface area contributed by atoms with Gasteiger partial charge in [0.25, 0.3) is 0 Å². The normalized spacial score (nSPS) is 11.8. The van der Waals surface area contributed by atoms with Crippen molar-refractivity contribution < 1.29 is 4.74 Å². The van der Waals surface area contributed by atoms with E-state index >= 15 is 0 Å². The standard InChI is InChI=1S/C11H19BrO/c1-2-3-4-7-10-13-11-8-5-6-9-12/h2-4,7H,5-6,8-11H2,1H3/b3-2+,7-4+. The predicted octanol–water partition coefficient (Wildman–Crippen LogP) is 3.70. The van der Waals surface area contributed by atoms with Crippen LogP contribution in [0.15, 0.2) is 24.3 Å². The van der Waals surface area contributed by atoms with Crippen molar-refractivity contribution in [2.75, 3.05) is 18.5 Å². The molecule has 0 saturated carbocycles. The predicted molar refractivity (Wildman–Crippen MR) is 62.4 cm³/mol. The average molecular weight is 247 g/mol. The van der Waals surface area contributed by atoms with E-state index in [9.17, 15) is 0 Å². The molecule has 0 radical (unpaired) electrons. The minimum atomic E-state index is 0.735. The molecule has 0 saturated heterocycles. The van der Waals surface area contributed by atoms with Crippen LogP contribution in [0, 0.1) is 0 Å². The second kappa shape index (κ2) is 11.9. The molecule has 0 aromatic carbocycles. The van der Waals surface area contributed by atoms with Crippen LogP contribution in [0.1, 0.15) is 26.2 Å². The van der Waals surface area contributed by atoms with Gasteiger partial charge in [-0.25, -0.2) is 0 Å². The van der Waals surface area contributed by atoms with Gasteiger partial charge in [-0.1, -0.05) is 46.7 Å². The molecule has 0 spiro atoms. The van der Waals surface area contributed by atoms with Crippen molar-refractivity contribution in [1.82, 2.24) is 0 Å². The molecule has 0 aromatic rings. The highest BCUT2D eigenvalue weighted by Gasteiger charge is 1.86. The van der Waals surface area contributed by atoms with Crippen molar-refractivity contribution in [3.63, 3.8) is 0 Å². The fraction of sp³-hybridized carbons (Fsp3) is 0.636. The van der Waals surface area contributed by atoms with Gasteiger partial charge in [-0.2, -0.15) is 0 Å². The lowest BCUT2D eigenvalue weighted by Gasteiger charge is -1.99. The van der Waals surface area contributed by atoms with Gasteiger partial charge in [0.1, 0.15) is 0 Å². The first-order valence-electron chi connectivity index (χ1n) is 4.83. The quantitative estimate of drug-likeness (QED) is 0.361. The van der Waals surface area contributed by atoms with Crippen LogP contribution in [0.5, 0.6) is 0 Å². The number of hydrogen-bond donors (Lipinski definition) is 0. The van der Waals surface area contributed by atoms with Crippen molar-refractivity contribution in [3.05, 3.63) is 24.3 Å². The maximum Gasteiger partial charge on any atom is 0.0650 e. The maximum absolute atomic E-state index is 5.39. The van der Waals surface area contributed by atoms with Crippen LogP contribution in [-0.2, 0) is 4.74 Å². The number of alkyl halides is 1. The summed E-state index contributed by atoms with van der Waals surface area (Å²) in [6.45, 7) is 3.62. The lowest BCUT2D eigenvalue weighted by Crippen LogP contribution is -1.94. The monoisotopic (exact) mass is 246 g/mol. The molecule has 0 aliphatic rings. The smallest absolute Gasteiger partial charge is 0.0650 e. The molecule has 0 atom stereocenters. The first kappa shape index (κ1) is 12.9. The van der Waals surface area contributed by atoms with E-state index in [2.05, 4.69) is 15.9 Å². The fourth-order valence-corrected chi connectivity index (χ4v) is 1.27. The third-order valence-electron chi connectivity index (χ3n) is 1.58. The Kier molecular flexibility index (Phi) is 11.8. The summed E-state index contributed by atoms with van der Waals surface area (Å²) in [5.41, 5.74) is 0. The SMILES string of the molecule is C/C=C/C=C/COCCCCCBr. The lowest BCUT2D eigenvalue weighted by atomic mass is 10.3. The van der Waals surface area contributed by atoms with Crippen LogP contribution in [0.4, 0.5) is 0 Å². The molecule has 0 aromatic heterocycles. The van der Waals surface area contributed by atoms with E-state index in [1.165, 1.54) is 19.3 Å². The van der Waals surface area contributed by atoms with Crippen LogP contribution >= 0.6 is 15.9 Å². The molecule has 0 aliphatic heterocycles. The van der Waals surface area contributed by atoms with Crippen molar-refractivity contribution in [2.24, 2.45) is 0 Å². The highest BCUT2D eigenvalue weighted by atomic mass is 79.9. The number of unbranched alkanes of at least 4 members (excludes halogenated alkanes) is 2. The fourth-order valence-electron chi connectivity index (χ4n) is 0.872. The minimum Gasteiger partial charge on any atom is -0.377 e. The largest absolute Gasteiger partial charge is 0.377 e. The van der Waals surface area contributed by atoms with E-state index < -0.39 is 0 Å². The Labute approximate surface area is 90.0 Å². The molecular formula is C11H19BrO. The second-order valence-electron chi connectivity index (χ2n) is 2.78. The van der Waals surface area contributed by atoms with E-state index in [4.69, 9.17) is 4.74 Å². The molecule has 0 rings (SSSR count). The van der Waals surface area contributed by atoms with Crippen LogP contribution < -0.4 is 0 Å². The van der Waals surface area contributed by atoms with Crippen LogP contribution in [0.2, 0.25) is 0 Å². The van der Waals surface area contributed by atoms with Gasteiger partial charge < -0.3 is 4.74 Å². The second-order valence-corrected chi connectivity index (χ2v) is 3.57. The van der Waals surface area contributed by atoms with Gasteiger partial charge in [-0.05, 0) is 19.8 Å². The first-order valence-corrected chi connectivity index (χ1v) is 5.95. The molecule has 2 heteroatoms. The summed E-state index contributed by atoms with van der Waals surface area (Å²) in [4.78, 5) is 0. The Bertz CT molecular complexity index is 141. The molecule has 76 valence electrons. The first-order chi connectivity index (χ1) is 6.41. The van der Waals surface area contributed by atoms with Gasteiger partial charge in [0.2, 0.25) is 0 Å². The molecule has 0 aliphatic carbocycles. The summed E-state index contributed by atoms with van der Waals surface area (Å²) < 4.78 is 5.39. The number of hydrogen-bond acceptors (Lipinski definition) is 1. The van der Waals surface area contributed by atoms with Crippen molar-refractivity contribution in [1.29, 1.82) is 0 Å². The molecule has 0 fully saturated rings. The van der Waals surface area contributed by atoms with Gasteiger partial charge in [0.05, 0.1) is 6.61 Å². The molecule has 0 N–H and O–H groups in total. The Morgan fingerprint density at radius 3 is 2.69 bits per heavy atom. The average Bonchev–Trinajstić information content (AvgIpc) is 2.16. The van der Waals surface area contributed by atoms with Gasteiger partial charge in [0, 0.05) is 11.9 Å². The third kappa shape index (κ3) is 11.9. The van der Waals surface area contributed by atoms with Crippen LogP contribution in [-0.4, -0.2) is 18.5 Å². The van der Waals surface area contributed by atoms with Crippen LogP contribution in [0.25, 0.3) is 0 Å². The zero-order valence-corrected chi connectivity index (χ0v) is 9.92. The zero-order chi connectivity index (χ0) is 9.78. The number of ether oxygens (including phenoxy) is 1. The minimum absolute atomic E-state index is 0.735.